The molecule has 1 fully saturated rings. The molecule has 0 aliphatic carbocycles. The van der Waals surface area contributed by atoms with Crippen LogP contribution in [0.15, 0.2) is 0 Å². The predicted octanol–water partition coefficient (Wildman–Crippen LogP) is 1.39. The Bertz CT molecular complexity index is 211. The zero-order chi connectivity index (χ0) is 10.8. The second-order valence-electron chi connectivity index (χ2n) is 3.46. The van der Waals surface area contributed by atoms with Crippen LogP contribution in [0.4, 0.5) is 13.2 Å². The molecule has 3 nitrogen and oxygen atoms in total. The van der Waals surface area contributed by atoms with Gasteiger partial charge in [-0.3, -0.25) is 4.79 Å². The van der Waals surface area contributed by atoms with Crippen LogP contribution in [-0.4, -0.2) is 29.8 Å². The second-order valence-corrected chi connectivity index (χ2v) is 3.46. The molecular formula is C8H12F3NO2. The fraction of sp³-hybridized carbons (Fsp3) is 0.875. The van der Waals surface area contributed by atoms with E-state index in [-0.39, 0.29) is 12.5 Å². The van der Waals surface area contributed by atoms with Gasteiger partial charge in [0.05, 0.1) is 0 Å². The van der Waals surface area contributed by atoms with Crippen molar-refractivity contribution in [3.05, 3.63) is 0 Å². The third-order valence-corrected chi connectivity index (χ3v) is 2.38. The van der Waals surface area contributed by atoms with Gasteiger partial charge >= 0.3 is 12.1 Å². The molecule has 0 radical (unpaired) electrons. The van der Waals surface area contributed by atoms with Crippen LogP contribution >= 0.6 is 0 Å². The summed E-state index contributed by atoms with van der Waals surface area (Å²) in [6, 6.07) is -0.308. The first kappa shape index (κ1) is 11.3. The van der Waals surface area contributed by atoms with Gasteiger partial charge in [0, 0.05) is 6.04 Å². The molecule has 14 heavy (non-hydrogen) atoms. The number of carboxylic acids is 1. The molecule has 1 saturated heterocycles. The molecule has 1 rings (SSSR count). The van der Waals surface area contributed by atoms with Crippen molar-refractivity contribution < 1.29 is 23.1 Å². The quantitative estimate of drug-likeness (QED) is 0.741. The molecule has 2 atom stereocenters. The number of hydrogen-bond donors (Lipinski definition) is 2. The van der Waals surface area contributed by atoms with Crippen molar-refractivity contribution in [3.63, 3.8) is 0 Å². The van der Waals surface area contributed by atoms with Gasteiger partial charge in [0.25, 0.3) is 0 Å². The van der Waals surface area contributed by atoms with Gasteiger partial charge in [-0.15, -0.1) is 0 Å². The van der Waals surface area contributed by atoms with Crippen molar-refractivity contribution in [3.8, 4) is 0 Å². The lowest BCUT2D eigenvalue weighted by Crippen LogP contribution is -2.36. The van der Waals surface area contributed by atoms with E-state index in [4.69, 9.17) is 5.11 Å². The first-order valence-electron chi connectivity index (χ1n) is 4.44. The molecule has 0 spiro atoms. The Morgan fingerprint density at radius 2 is 2.21 bits per heavy atom. The van der Waals surface area contributed by atoms with Gasteiger partial charge in [0.2, 0.25) is 0 Å². The lowest BCUT2D eigenvalue weighted by molar-refractivity contribution is -0.195. The van der Waals surface area contributed by atoms with Crippen LogP contribution < -0.4 is 5.32 Å². The van der Waals surface area contributed by atoms with Crippen LogP contribution in [0, 0.1) is 5.92 Å². The Morgan fingerprint density at radius 3 is 2.57 bits per heavy atom. The van der Waals surface area contributed by atoms with E-state index in [0.717, 1.165) is 6.42 Å². The molecule has 0 bridgehead atoms. The Labute approximate surface area is 79.3 Å². The third-order valence-electron chi connectivity index (χ3n) is 2.38. The summed E-state index contributed by atoms with van der Waals surface area (Å²) in [4.78, 5) is 10.4. The zero-order valence-corrected chi connectivity index (χ0v) is 7.47. The maximum Gasteiger partial charge on any atom is 0.402 e. The summed E-state index contributed by atoms with van der Waals surface area (Å²) >= 11 is 0. The number of halogens is 3. The van der Waals surface area contributed by atoms with Crippen molar-refractivity contribution >= 4 is 5.97 Å². The Balaban J connectivity index is 2.55. The highest BCUT2D eigenvalue weighted by Gasteiger charge is 2.46. The number of carbonyl (C=O) groups is 1. The van der Waals surface area contributed by atoms with Gasteiger partial charge in [-0.1, -0.05) is 0 Å². The first-order valence-corrected chi connectivity index (χ1v) is 4.44. The molecule has 82 valence electrons. The summed E-state index contributed by atoms with van der Waals surface area (Å²) in [7, 11) is 0. The predicted molar refractivity (Wildman–Crippen MR) is 42.8 cm³/mol. The average molecular weight is 211 g/mol. The number of nitrogens with one attached hydrogen (secondary N) is 1. The van der Waals surface area contributed by atoms with E-state index in [0.29, 0.717) is 13.0 Å². The summed E-state index contributed by atoms with van der Waals surface area (Å²) in [5.74, 6) is -4.02. The molecule has 0 aromatic rings. The highest BCUT2D eigenvalue weighted by Crippen LogP contribution is 2.31. The number of rotatable bonds is 3. The molecule has 0 aromatic carbocycles. The molecule has 6 heteroatoms. The minimum atomic E-state index is -4.64. The van der Waals surface area contributed by atoms with E-state index >= 15 is 0 Å². The van der Waals surface area contributed by atoms with Crippen LogP contribution in [0.1, 0.15) is 19.3 Å². The number of hydrogen-bond acceptors (Lipinski definition) is 2. The Kier molecular flexibility index (Phi) is 3.36. The summed E-state index contributed by atoms with van der Waals surface area (Å²) < 4.78 is 36.6. The Hall–Kier alpha value is -0.780. The molecule has 0 aromatic heterocycles. The standard InChI is InChI=1S/C8H12F3NO2/c9-8(10,11)6(7(13)14)4-5-2-1-3-12-5/h5-6,12H,1-4H2,(H,13,14)/t5-,6-/m1/s1. The van der Waals surface area contributed by atoms with E-state index < -0.39 is 18.1 Å². The smallest absolute Gasteiger partial charge is 0.402 e. The van der Waals surface area contributed by atoms with Crippen LogP contribution in [0.2, 0.25) is 0 Å². The van der Waals surface area contributed by atoms with Crippen LogP contribution in [0.3, 0.4) is 0 Å². The van der Waals surface area contributed by atoms with Gasteiger partial charge in [0.15, 0.2) is 5.92 Å². The number of carboxylic acid groups (broad SMARTS) is 1. The van der Waals surface area contributed by atoms with Crippen molar-refractivity contribution in [2.75, 3.05) is 6.54 Å². The van der Waals surface area contributed by atoms with E-state index in [1.54, 1.807) is 0 Å². The zero-order valence-electron chi connectivity index (χ0n) is 7.47. The third kappa shape index (κ3) is 2.87. The van der Waals surface area contributed by atoms with E-state index in [1.165, 1.54) is 0 Å². The van der Waals surface area contributed by atoms with Crippen molar-refractivity contribution in [2.24, 2.45) is 5.92 Å². The van der Waals surface area contributed by atoms with Crippen LogP contribution in [0.5, 0.6) is 0 Å². The van der Waals surface area contributed by atoms with Crippen molar-refractivity contribution in [1.29, 1.82) is 0 Å². The van der Waals surface area contributed by atoms with Crippen molar-refractivity contribution in [1.82, 2.24) is 5.32 Å². The van der Waals surface area contributed by atoms with Gasteiger partial charge in [-0.2, -0.15) is 13.2 Å². The first-order chi connectivity index (χ1) is 6.41. The fourth-order valence-corrected chi connectivity index (χ4v) is 1.62. The molecule has 0 saturated carbocycles. The average Bonchev–Trinajstić information content (AvgIpc) is 2.48. The normalized spacial score (nSPS) is 24.9. The molecule has 0 amide bonds. The Morgan fingerprint density at radius 1 is 1.57 bits per heavy atom. The van der Waals surface area contributed by atoms with Crippen LogP contribution in [0.25, 0.3) is 0 Å². The maximum absolute atomic E-state index is 12.2. The van der Waals surface area contributed by atoms with Gasteiger partial charge < -0.3 is 10.4 Å². The minimum absolute atomic E-state index is 0.308. The van der Waals surface area contributed by atoms with E-state index in [2.05, 4.69) is 5.32 Å². The van der Waals surface area contributed by atoms with E-state index in [1.807, 2.05) is 0 Å². The maximum atomic E-state index is 12.2. The molecule has 0 unspecified atom stereocenters. The summed E-state index contributed by atoms with van der Waals surface area (Å²) in [6.07, 6.45) is -3.57. The SMILES string of the molecule is O=C(O)[C@@H](C[C@H]1CCCN1)C(F)(F)F. The fourth-order valence-electron chi connectivity index (χ4n) is 1.62. The van der Waals surface area contributed by atoms with Crippen molar-refractivity contribution in [2.45, 2.75) is 31.5 Å². The molecule has 1 heterocycles. The number of aliphatic carboxylic acids is 1. The highest BCUT2D eigenvalue weighted by atomic mass is 19.4. The monoisotopic (exact) mass is 211 g/mol. The molecule has 2 N–H and O–H groups in total. The summed E-state index contributed by atoms with van der Waals surface area (Å²) in [6.45, 7) is 0.675. The molecular weight excluding hydrogens is 199 g/mol. The van der Waals surface area contributed by atoms with Crippen LogP contribution in [-0.2, 0) is 4.79 Å². The summed E-state index contributed by atoms with van der Waals surface area (Å²) in [5, 5.41) is 11.3. The lowest BCUT2D eigenvalue weighted by Gasteiger charge is -2.19. The van der Waals surface area contributed by atoms with Gasteiger partial charge in [-0.25, -0.2) is 0 Å². The topological polar surface area (TPSA) is 49.3 Å². The summed E-state index contributed by atoms with van der Waals surface area (Å²) in [5.41, 5.74) is 0. The number of alkyl halides is 3. The molecule has 1 aliphatic heterocycles. The lowest BCUT2D eigenvalue weighted by atomic mass is 9.98. The highest BCUT2D eigenvalue weighted by molar-refractivity contribution is 5.71. The largest absolute Gasteiger partial charge is 0.481 e. The van der Waals surface area contributed by atoms with Gasteiger partial charge in [0.1, 0.15) is 0 Å². The molecule has 1 aliphatic rings. The second kappa shape index (κ2) is 4.16. The van der Waals surface area contributed by atoms with E-state index in [9.17, 15) is 18.0 Å². The minimum Gasteiger partial charge on any atom is -0.481 e. The van der Waals surface area contributed by atoms with Gasteiger partial charge in [-0.05, 0) is 25.8 Å².